The number of rotatable bonds is 5. The zero-order valence-electron chi connectivity index (χ0n) is 12.4. The van der Waals surface area contributed by atoms with E-state index in [1.807, 2.05) is 0 Å². The molecule has 3 N–H and O–H groups in total. The number of carbonyl (C=O) groups excluding carboxylic acids is 1. The predicted octanol–water partition coefficient (Wildman–Crippen LogP) is 2.65. The van der Waals surface area contributed by atoms with Gasteiger partial charge < -0.3 is 11.1 Å². The summed E-state index contributed by atoms with van der Waals surface area (Å²) in [5.74, 6) is 0.219. The molecule has 1 amide bonds. The molecule has 1 aromatic carbocycles. The zero-order chi connectivity index (χ0) is 15.2. The summed E-state index contributed by atoms with van der Waals surface area (Å²) >= 11 is 0. The van der Waals surface area contributed by atoms with E-state index in [0.29, 0.717) is 18.0 Å². The lowest BCUT2D eigenvalue weighted by atomic mass is 9.84. The van der Waals surface area contributed by atoms with Crippen molar-refractivity contribution in [1.82, 2.24) is 5.32 Å². The van der Waals surface area contributed by atoms with Crippen LogP contribution >= 0.6 is 12.4 Å². The highest BCUT2D eigenvalue weighted by atomic mass is 35.5. The fourth-order valence-electron chi connectivity index (χ4n) is 2.89. The molecule has 0 aliphatic heterocycles. The van der Waals surface area contributed by atoms with E-state index >= 15 is 0 Å². The standard InChI is InChI=1S/C15H21N3O3.ClH/c16-10-14(11-4-2-1-3-5-11)17-15(19)12-6-8-13(9-7-12)18(20)21;/h6-9,11,14H,1-5,10,16H2,(H,17,19);1H. The molecule has 122 valence electrons. The first-order valence-corrected chi connectivity index (χ1v) is 7.37. The molecule has 1 atom stereocenters. The Morgan fingerprint density at radius 2 is 1.86 bits per heavy atom. The van der Waals surface area contributed by atoms with Crippen LogP contribution in [0.5, 0.6) is 0 Å². The van der Waals surface area contributed by atoms with Gasteiger partial charge in [-0.3, -0.25) is 14.9 Å². The Hall–Kier alpha value is -1.66. The average Bonchev–Trinajstić information content (AvgIpc) is 2.53. The highest BCUT2D eigenvalue weighted by Gasteiger charge is 2.24. The minimum Gasteiger partial charge on any atom is -0.348 e. The molecule has 1 saturated carbocycles. The molecule has 0 saturated heterocycles. The molecule has 2 rings (SSSR count). The highest BCUT2D eigenvalue weighted by Crippen LogP contribution is 2.26. The number of hydrogen-bond donors (Lipinski definition) is 2. The minimum absolute atomic E-state index is 0. The molecule has 1 aromatic rings. The summed E-state index contributed by atoms with van der Waals surface area (Å²) in [4.78, 5) is 22.3. The Bertz CT molecular complexity index is 501. The SMILES string of the molecule is Cl.NCC(NC(=O)c1ccc([N+](=O)[O-])cc1)C1CCCCC1. The van der Waals surface area contributed by atoms with Gasteiger partial charge in [0.1, 0.15) is 0 Å². The molecule has 1 aliphatic rings. The van der Waals surface area contributed by atoms with Gasteiger partial charge in [0, 0.05) is 30.3 Å². The first-order chi connectivity index (χ1) is 10.1. The van der Waals surface area contributed by atoms with Crippen LogP contribution in [-0.4, -0.2) is 23.4 Å². The number of benzene rings is 1. The molecular formula is C15H22ClN3O3. The van der Waals surface area contributed by atoms with Gasteiger partial charge in [0.05, 0.1) is 4.92 Å². The van der Waals surface area contributed by atoms with Crippen LogP contribution in [0, 0.1) is 16.0 Å². The summed E-state index contributed by atoms with van der Waals surface area (Å²) in [6.45, 7) is 0.420. The predicted molar refractivity (Wildman–Crippen MR) is 87.2 cm³/mol. The lowest BCUT2D eigenvalue weighted by molar-refractivity contribution is -0.384. The van der Waals surface area contributed by atoms with E-state index < -0.39 is 4.92 Å². The smallest absolute Gasteiger partial charge is 0.269 e. The number of nitro groups is 1. The van der Waals surface area contributed by atoms with Crippen LogP contribution in [-0.2, 0) is 0 Å². The maximum absolute atomic E-state index is 12.2. The molecule has 0 radical (unpaired) electrons. The van der Waals surface area contributed by atoms with Crippen molar-refractivity contribution < 1.29 is 9.72 Å². The summed E-state index contributed by atoms with van der Waals surface area (Å²) in [5, 5.41) is 13.6. The van der Waals surface area contributed by atoms with Crippen LogP contribution in [0.15, 0.2) is 24.3 Å². The van der Waals surface area contributed by atoms with E-state index in [1.54, 1.807) is 0 Å². The van der Waals surface area contributed by atoms with Crippen LogP contribution in [0.2, 0.25) is 0 Å². The molecule has 0 heterocycles. The summed E-state index contributed by atoms with van der Waals surface area (Å²) in [6.07, 6.45) is 5.83. The third kappa shape index (κ3) is 4.68. The number of nitrogens with two attached hydrogens (primary N) is 1. The maximum Gasteiger partial charge on any atom is 0.269 e. The fourth-order valence-corrected chi connectivity index (χ4v) is 2.89. The van der Waals surface area contributed by atoms with Gasteiger partial charge in [-0.2, -0.15) is 0 Å². The number of nitrogens with zero attached hydrogens (tertiary/aromatic N) is 1. The van der Waals surface area contributed by atoms with E-state index in [2.05, 4.69) is 5.32 Å². The lowest BCUT2D eigenvalue weighted by Gasteiger charge is -2.30. The summed E-state index contributed by atoms with van der Waals surface area (Å²) in [6, 6.07) is 5.61. The summed E-state index contributed by atoms with van der Waals surface area (Å²) in [7, 11) is 0. The molecule has 22 heavy (non-hydrogen) atoms. The highest BCUT2D eigenvalue weighted by molar-refractivity contribution is 5.94. The van der Waals surface area contributed by atoms with E-state index in [-0.39, 0.29) is 30.0 Å². The molecule has 6 nitrogen and oxygen atoms in total. The van der Waals surface area contributed by atoms with Crippen molar-refractivity contribution in [3.63, 3.8) is 0 Å². The fraction of sp³-hybridized carbons (Fsp3) is 0.533. The topological polar surface area (TPSA) is 98.3 Å². The van der Waals surface area contributed by atoms with E-state index in [0.717, 1.165) is 12.8 Å². The van der Waals surface area contributed by atoms with Gasteiger partial charge in [-0.15, -0.1) is 12.4 Å². The Kier molecular flexibility index (Phi) is 7.27. The van der Waals surface area contributed by atoms with Gasteiger partial charge in [0.25, 0.3) is 11.6 Å². The van der Waals surface area contributed by atoms with Crippen molar-refractivity contribution in [2.24, 2.45) is 11.7 Å². The monoisotopic (exact) mass is 327 g/mol. The van der Waals surface area contributed by atoms with Crippen molar-refractivity contribution in [2.75, 3.05) is 6.54 Å². The van der Waals surface area contributed by atoms with Crippen molar-refractivity contribution in [2.45, 2.75) is 38.1 Å². The third-order valence-electron chi connectivity index (χ3n) is 4.13. The zero-order valence-corrected chi connectivity index (χ0v) is 13.2. The molecule has 0 aromatic heterocycles. The Morgan fingerprint density at radius 3 is 2.36 bits per heavy atom. The third-order valence-corrected chi connectivity index (χ3v) is 4.13. The molecule has 0 spiro atoms. The van der Waals surface area contributed by atoms with E-state index in [9.17, 15) is 14.9 Å². The number of nitrogens with one attached hydrogen (secondary N) is 1. The minimum atomic E-state index is -0.480. The van der Waals surface area contributed by atoms with Crippen LogP contribution in [0.3, 0.4) is 0 Å². The van der Waals surface area contributed by atoms with Crippen molar-refractivity contribution >= 4 is 24.0 Å². The number of nitro benzene ring substituents is 1. The average molecular weight is 328 g/mol. The second-order valence-electron chi connectivity index (χ2n) is 5.52. The van der Waals surface area contributed by atoms with Gasteiger partial charge in [0.15, 0.2) is 0 Å². The molecule has 1 fully saturated rings. The Balaban J connectivity index is 0.00000242. The Labute approximate surface area is 136 Å². The van der Waals surface area contributed by atoms with Crippen LogP contribution in [0.4, 0.5) is 5.69 Å². The van der Waals surface area contributed by atoms with Crippen molar-refractivity contribution in [3.05, 3.63) is 39.9 Å². The van der Waals surface area contributed by atoms with Crippen molar-refractivity contribution in [3.8, 4) is 0 Å². The number of non-ortho nitro benzene ring substituents is 1. The number of halogens is 1. The van der Waals surface area contributed by atoms with Crippen molar-refractivity contribution in [1.29, 1.82) is 0 Å². The quantitative estimate of drug-likeness (QED) is 0.641. The van der Waals surface area contributed by atoms with E-state index in [1.165, 1.54) is 43.5 Å². The maximum atomic E-state index is 12.2. The molecule has 7 heteroatoms. The largest absolute Gasteiger partial charge is 0.348 e. The van der Waals surface area contributed by atoms with Gasteiger partial charge in [-0.25, -0.2) is 0 Å². The van der Waals surface area contributed by atoms with Gasteiger partial charge in [-0.05, 0) is 30.9 Å². The normalized spacial score (nSPS) is 16.4. The summed E-state index contributed by atoms with van der Waals surface area (Å²) < 4.78 is 0. The summed E-state index contributed by atoms with van der Waals surface area (Å²) in [5.41, 5.74) is 6.20. The second-order valence-corrected chi connectivity index (χ2v) is 5.52. The number of carbonyl (C=O) groups is 1. The molecule has 1 unspecified atom stereocenters. The van der Waals surface area contributed by atoms with Gasteiger partial charge in [0.2, 0.25) is 0 Å². The molecule has 1 aliphatic carbocycles. The molecular weight excluding hydrogens is 306 g/mol. The molecule has 0 bridgehead atoms. The number of hydrogen-bond acceptors (Lipinski definition) is 4. The van der Waals surface area contributed by atoms with Gasteiger partial charge >= 0.3 is 0 Å². The first kappa shape index (κ1) is 18.4. The lowest BCUT2D eigenvalue weighted by Crippen LogP contribution is -2.45. The van der Waals surface area contributed by atoms with Crippen LogP contribution < -0.4 is 11.1 Å². The number of amides is 1. The van der Waals surface area contributed by atoms with E-state index in [4.69, 9.17) is 5.73 Å². The second kappa shape index (κ2) is 8.70. The Morgan fingerprint density at radius 1 is 1.27 bits per heavy atom. The first-order valence-electron chi connectivity index (χ1n) is 7.37. The van der Waals surface area contributed by atoms with Gasteiger partial charge in [-0.1, -0.05) is 19.3 Å². The van der Waals surface area contributed by atoms with Crippen LogP contribution in [0.25, 0.3) is 0 Å². The van der Waals surface area contributed by atoms with Crippen LogP contribution in [0.1, 0.15) is 42.5 Å².